The van der Waals surface area contributed by atoms with Crippen molar-refractivity contribution in [3.05, 3.63) is 65.7 Å². The van der Waals surface area contributed by atoms with Gasteiger partial charge in [-0.2, -0.15) is 0 Å². The lowest BCUT2D eigenvalue weighted by atomic mass is 9.80. The van der Waals surface area contributed by atoms with Crippen LogP contribution in [0, 0.1) is 5.92 Å². The first-order valence-electron chi connectivity index (χ1n) is 14.9. The molecule has 0 N–H and O–H groups in total. The van der Waals surface area contributed by atoms with E-state index < -0.39 is 23.9 Å². The number of ether oxygens (including phenoxy) is 3. The molecule has 0 aliphatic carbocycles. The summed E-state index contributed by atoms with van der Waals surface area (Å²) in [6.07, 6.45) is 0.590. The van der Waals surface area contributed by atoms with E-state index in [1.807, 2.05) is 42.5 Å². The second kappa shape index (κ2) is 13.3. The molecule has 3 fully saturated rings. The zero-order valence-corrected chi connectivity index (χ0v) is 24.0. The molecule has 1 spiro atoms. The molecule has 8 heteroatoms. The lowest BCUT2D eigenvalue weighted by Crippen LogP contribution is -2.54. The van der Waals surface area contributed by atoms with E-state index in [-0.39, 0.29) is 0 Å². The van der Waals surface area contributed by atoms with Gasteiger partial charge in [-0.1, -0.05) is 56.3 Å². The van der Waals surface area contributed by atoms with Crippen molar-refractivity contribution in [2.75, 3.05) is 59.1 Å². The van der Waals surface area contributed by atoms with Crippen LogP contribution in [0.2, 0.25) is 0 Å². The second-order valence-corrected chi connectivity index (χ2v) is 11.8. The third-order valence-electron chi connectivity index (χ3n) is 8.41. The maximum atomic E-state index is 16.4. The normalized spacial score (nSPS) is 22.6. The third kappa shape index (κ3) is 6.96. The average Bonchev–Trinajstić information content (AvgIpc) is 3.24. The highest BCUT2D eigenvalue weighted by atomic mass is 19.1. The number of carbonyl (C=O) groups is 1. The number of rotatable bonds is 11. The maximum absolute atomic E-state index is 16.4. The van der Waals surface area contributed by atoms with Gasteiger partial charge in [-0.25, -0.2) is 9.18 Å². The molecule has 3 heterocycles. The summed E-state index contributed by atoms with van der Waals surface area (Å²) in [6, 6.07) is 16.3. The lowest BCUT2D eigenvalue weighted by Gasteiger charge is -2.43. The molecule has 2 aromatic carbocycles. The topological polar surface area (TPSA) is 54.5 Å². The quantitative estimate of drug-likeness (QED) is 0.376. The van der Waals surface area contributed by atoms with Gasteiger partial charge in [0.2, 0.25) is 0 Å². The number of hydrogen-bond acceptors (Lipinski definition) is 6. The predicted octanol–water partition coefficient (Wildman–Crippen LogP) is 5.31. The Kier molecular flexibility index (Phi) is 9.60. The van der Waals surface area contributed by atoms with Crippen LogP contribution in [0.15, 0.2) is 54.6 Å². The Hall–Kier alpha value is -2.68. The summed E-state index contributed by atoms with van der Waals surface area (Å²) >= 11 is 0. The van der Waals surface area contributed by atoms with Crippen LogP contribution < -0.4 is 4.74 Å². The van der Waals surface area contributed by atoms with Crippen molar-refractivity contribution in [1.82, 2.24) is 14.7 Å². The van der Waals surface area contributed by atoms with Crippen molar-refractivity contribution in [2.24, 2.45) is 5.92 Å². The number of carbonyl (C=O) groups excluding carboxylic acids is 1. The average molecular weight is 554 g/mol. The SMILES string of the molecule is CC(C)COc1ccc(CN2C(=O)OC3(CCN(CCCN4CCOCC4)CC3)C2C(F)c2ccccc2)cc1. The summed E-state index contributed by atoms with van der Waals surface area (Å²) in [6.45, 7) is 12.5. The number of likely N-dealkylation sites (tertiary alicyclic amines) is 1. The molecule has 2 aromatic rings. The molecule has 1 amide bonds. The van der Waals surface area contributed by atoms with E-state index in [2.05, 4.69) is 23.6 Å². The van der Waals surface area contributed by atoms with Crippen molar-refractivity contribution in [3.8, 4) is 5.75 Å². The van der Waals surface area contributed by atoms with E-state index in [0.717, 1.165) is 70.2 Å². The molecule has 5 rings (SSSR count). The van der Waals surface area contributed by atoms with Crippen LogP contribution >= 0.6 is 0 Å². The number of amides is 1. The number of halogens is 1. The number of nitrogens with zero attached hydrogens (tertiary/aromatic N) is 3. The van der Waals surface area contributed by atoms with Crippen molar-refractivity contribution in [3.63, 3.8) is 0 Å². The van der Waals surface area contributed by atoms with Crippen LogP contribution in [-0.4, -0.2) is 91.5 Å². The Morgan fingerprint density at radius 1 is 0.950 bits per heavy atom. The fourth-order valence-corrected chi connectivity index (χ4v) is 6.14. The van der Waals surface area contributed by atoms with Gasteiger partial charge in [-0.05, 0) is 48.7 Å². The summed E-state index contributed by atoms with van der Waals surface area (Å²) in [4.78, 5) is 19.9. The van der Waals surface area contributed by atoms with E-state index in [1.165, 1.54) is 0 Å². The van der Waals surface area contributed by atoms with Crippen LogP contribution in [0.5, 0.6) is 5.75 Å². The predicted molar refractivity (Wildman–Crippen MR) is 153 cm³/mol. The number of benzene rings is 2. The van der Waals surface area contributed by atoms with E-state index in [0.29, 0.717) is 37.5 Å². The molecular formula is C32H44FN3O4. The van der Waals surface area contributed by atoms with Crippen LogP contribution in [-0.2, 0) is 16.0 Å². The highest BCUT2D eigenvalue weighted by molar-refractivity contribution is 5.72. The molecule has 40 heavy (non-hydrogen) atoms. The largest absolute Gasteiger partial charge is 0.493 e. The summed E-state index contributed by atoms with van der Waals surface area (Å²) in [7, 11) is 0. The Morgan fingerprint density at radius 2 is 1.60 bits per heavy atom. The van der Waals surface area contributed by atoms with E-state index in [9.17, 15) is 4.79 Å². The molecule has 3 aliphatic rings. The van der Waals surface area contributed by atoms with Crippen molar-refractivity contribution in [1.29, 1.82) is 0 Å². The minimum atomic E-state index is -1.34. The van der Waals surface area contributed by atoms with E-state index in [1.54, 1.807) is 17.0 Å². The number of alkyl halides is 1. The zero-order chi connectivity index (χ0) is 28.0. The van der Waals surface area contributed by atoms with Gasteiger partial charge in [-0.3, -0.25) is 9.80 Å². The van der Waals surface area contributed by atoms with Gasteiger partial charge in [0, 0.05) is 45.6 Å². The standard InChI is InChI=1S/C32H44FN3O4/c1-25(2)24-39-28-11-9-26(10-12-28)23-36-30(29(33)27-7-4-3-5-8-27)32(40-31(36)37)13-17-34(18-14-32)15-6-16-35-19-21-38-22-20-35/h3-5,7-12,25,29-30H,6,13-24H2,1-2H3. The molecule has 2 unspecified atom stereocenters. The molecular weight excluding hydrogens is 509 g/mol. The molecule has 0 saturated carbocycles. The fraction of sp³-hybridized carbons (Fsp3) is 0.594. The van der Waals surface area contributed by atoms with Gasteiger partial charge < -0.3 is 19.1 Å². The first kappa shape index (κ1) is 28.8. The zero-order valence-electron chi connectivity index (χ0n) is 24.0. The van der Waals surface area contributed by atoms with Gasteiger partial charge >= 0.3 is 6.09 Å². The molecule has 0 radical (unpaired) electrons. The molecule has 0 bridgehead atoms. The van der Waals surface area contributed by atoms with E-state index in [4.69, 9.17) is 14.2 Å². The third-order valence-corrected chi connectivity index (χ3v) is 8.41. The van der Waals surface area contributed by atoms with Gasteiger partial charge in [0.15, 0.2) is 0 Å². The monoisotopic (exact) mass is 553 g/mol. The number of piperidine rings is 1. The van der Waals surface area contributed by atoms with Crippen molar-refractivity contribution in [2.45, 2.75) is 57.5 Å². The summed E-state index contributed by atoms with van der Waals surface area (Å²) in [5.74, 6) is 1.23. The molecule has 7 nitrogen and oxygen atoms in total. The van der Waals surface area contributed by atoms with Crippen molar-refractivity contribution < 1.29 is 23.4 Å². The lowest BCUT2D eigenvalue weighted by molar-refractivity contribution is -0.0417. The Balaban J connectivity index is 1.27. The maximum Gasteiger partial charge on any atom is 0.411 e. The molecule has 0 aromatic heterocycles. The highest BCUT2D eigenvalue weighted by Gasteiger charge is 2.58. The van der Waals surface area contributed by atoms with Gasteiger partial charge in [0.25, 0.3) is 0 Å². The smallest absolute Gasteiger partial charge is 0.411 e. The molecule has 2 atom stereocenters. The molecule has 218 valence electrons. The summed E-state index contributed by atoms with van der Waals surface area (Å²) in [5.41, 5.74) is 0.671. The molecule has 3 aliphatic heterocycles. The van der Waals surface area contributed by atoms with Crippen molar-refractivity contribution >= 4 is 6.09 Å². The first-order valence-corrected chi connectivity index (χ1v) is 14.9. The Labute approximate surface area is 238 Å². The van der Waals surface area contributed by atoms with Crippen LogP contribution in [0.3, 0.4) is 0 Å². The Morgan fingerprint density at radius 3 is 2.25 bits per heavy atom. The fourth-order valence-electron chi connectivity index (χ4n) is 6.14. The first-order chi connectivity index (χ1) is 19.4. The van der Waals surface area contributed by atoms with Gasteiger partial charge in [0.05, 0.1) is 19.8 Å². The van der Waals surface area contributed by atoms with Gasteiger partial charge in [-0.15, -0.1) is 0 Å². The minimum Gasteiger partial charge on any atom is -0.493 e. The van der Waals surface area contributed by atoms with E-state index >= 15 is 4.39 Å². The second-order valence-electron chi connectivity index (χ2n) is 11.8. The number of morpholine rings is 1. The van der Waals surface area contributed by atoms with Crippen LogP contribution in [0.1, 0.15) is 50.4 Å². The Bertz CT molecular complexity index is 1070. The summed E-state index contributed by atoms with van der Waals surface area (Å²) < 4.78 is 33.8. The van der Waals surface area contributed by atoms with Crippen LogP contribution in [0.4, 0.5) is 9.18 Å². The minimum absolute atomic E-state index is 0.298. The summed E-state index contributed by atoms with van der Waals surface area (Å²) in [5, 5.41) is 0. The highest BCUT2D eigenvalue weighted by Crippen LogP contribution is 2.46. The van der Waals surface area contributed by atoms with Crippen LogP contribution in [0.25, 0.3) is 0 Å². The van der Waals surface area contributed by atoms with Gasteiger partial charge in [0.1, 0.15) is 23.6 Å². The molecule has 3 saturated heterocycles. The number of hydrogen-bond donors (Lipinski definition) is 0.